The number of nitrogens with zero attached hydrogens (tertiary/aromatic N) is 3. The van der Waals surface area contributed by atoms with E-state index in [-0.39, 0.29) is 47.2 Å². The number of hydrazone groups is 1. The van der Waals surface area contributed by atoms with Gasteiger partial charge in [0.2, 0.25) is 5.78 Å². The molecule has 17 heteroatoms. The summed E-state index contributed by atoms with van der Waals surface area (Å²) < 4.78 is 85.8. The van der Waals surface area contributed by atoms with E-state index in [1.54, 1.807) is 45.0 Å². The molecule has 0 saturated carbocycles. The van der Waals surface area contributed by atoms with Crippen molar-refractivity contribution in [2.45, 2.75) is 25.7 Å². The molecule has 5 rings (SSSR count). The van der Waals surface area contributed by atoms with Crippen LogP contribution >= 0.6 is 0 Å². The van der Waals surface area contributed by atoms with Crippen LogP contribution in [-0.2, 0) is 29.7 Å². The van der Waals surface area contributed by atoms with Gasteiger partial charge in [-0.05, 0) is 91.6 Å². The first-order chi connectivity index (χ1) is 25.2. The summed E-state index contributed by atoms with van der Waals surface area (Å²) in [5, 5.41) is 15.7. The number of anilines is 3. The minimum absolute atomic E-state index is 0.0421. The lowest BCUT2D eigenvalue weighted by atomic mass is 9.94. The van der Waals surface area contributed by atoms with E-state index in [9.17, 15) is 30.7 Å². The van der Waals surface area contributed by atoms with E-state index in [2.05, 4.69) is 26.1 Å². The van der Waals surface area contributed by atoms with Gasteiger partial charge in [-0.25, -0.2) is 0 Å². The van der Waals surface area contributed by atoms with Crippen molar-refractivity contribution in [2.24, 2.45) is 15.3 Å². The van der Waals surface area contributed by atoms with E-state index >= 15 is 0 Å². The minimum Gasteiger partial charge on any atom is -0.489 e. The molecule has 0 fully saturated rings. The van der Waals surface area contributed by atoms with Crippen LogP contribution in [0.5, 0.6) is 5.75 Å². The summed E-state index contributed by atoms with van der Waals surface area (Å²) in [6.07, 6.45) is 1.17. The molecule has 0 aromatic heterocycles. The van der Waals surface area contributed by atoms with Gasteiger partial charge in [0.1, 0.15) is 27.8 Å². The number of methoxy groups -OCH3 is 1. The Bertz CT molecular complexity index is 2340. The Morgan fingerprint density at radius 2 is 1.51 bits per heavy atom. The van der Waals surface area contributed by atoms with Gasteiger partial charge in [-0.1, -0.05) is 24.3 Å². The molecule has 0 bridgehead atoms. The SMILES string of the molecule is COCCOCCOc1cc(/N=N/c2c(C)cc(C)cc2S(=O)(=O)O)c(C)cc1N/N=C1/C(=O)c2ccc(Nc3ccccc3)cc2C=C1S(=O)(=O)O. The average Bonchev–Trinajstić information content (AvgIpc) is 3.09. The lowest BCUT2D eigenvalue weighted by Gasteiger charge is -2.18. The quantitative estimate of drug-likeness (QED) is 0.0419. The maximum Gasteiger partial charge on any atom is 0.296 e. The fourth-order valence-electron chi connectivity index (χ4n) is 5.32. The van der Waals surface area contributed by atoms with Gasteiger partial charge in [-0.2, -0.15) is 27.1 Å². The third-order valence-corrected chi connectivity index (χ3v) is 9.55. The summed E-state index contributed by atoms with van der Waals surface area (Å²) in [6.45, 7) is 5.87. The number of ketones is 1. The summed E-state index contributed by atoms with van der Waals surface area (Å²) in [6, 6.07) is 20.0. The van der Waals surface area contributed by atoms with Crippen molar-refractivity contribution >= 4 is 66.2 Å². The molecule has 0 unspecified atom stereocenters. The third-order valence-electron chi connectivity index (χ3n) is 7.82. The number of benzene rings is 4. The summed E-state index contributed by atoms with van der Waals surface area (Å²) in [4.78, 5) is 12.6. The molecule has 0 aliphatic heterocycles. The van der Waals surface area contributed by atoms with Gasteiger partial charge in [0.15, 0.2) is 5.71 Å². The number of rotatable bonds is 15. The van der Waals surface area contributed by atoms with Crippen molar-refractivity contribution in [1.29, 1.82) is 0 Å². The lowest BCUT2D eigenvalue weighted by Crippen LogP contribution is -2.27. The molecule has 278 valence electrons. The van der Waals surface area contributed by atoms with Gasteiger partial charge in [-0.3, -0.25) is 19.3 Å². The lowest BCUT2D eigenvalue weighted by molar-refractivity contribution is 0.0545. The van der Waals surface area contributed by atoms with E-state index in [1.807, 2.05) is 30.3 Å². The highest BCUT2D eigenvalue weighted by Crippen LogP contribution is 2.37. The molecule has 53 heavy (non-hydrogen) atoms. The van der Waals surface area contributed by atoms with Gasteiger partial charge in [0.05, 0.1) is 31.2 Å². The zero-order valence-corrected chi connectivity index (χ0v) is 30.8. The molecule has 0 radical (unpaired) electrons. The summed E-state index contributed by atoms with van der Waals surface area (Å²) in [5.74, 6) is -0.620. The number of hydrogen-bond donors (Lipinski definition) is 4. The first-order valence-electron chi connectivity index (χ1n) is 16.0. The number of azo groups is 1. The maximum absolute atomic E-state index is 13.7. The number of carbonyl (C=O) groups excluding carboxylic acids is 1. The molecule has 0 spiro atoms. The van der Waals surface area contributed by atoms with Crippen molar-refractivity contribution < 1.29 is 44.9 Å². The van der Waals surface area contributed by atoms with Crippen LogP contribution in [0.3, 0.4) is 0 Å². The Morgan fingerprint density at radius 3 is 2.21 bits per heavy atom. The van der Waals surface area contributed by atoms with Gasteiger partial charge in [-0.15, -0.1) is 5.11 Å². The van der Waals surface area contributed by atoms with Crippen LogP contribution in [0.4, 0.5) is 28.4 Å². The van der Waals surface area contributed by atoms with Crippen LogP contribution in [0.1, 0.15) is 32.6 Å². The Balaban J connectivity index is 1.50. The van der Waals surface area contributed by atoms with Crippen molar-refractivity contribution in [2.75, 3.05) is 44.3 Å². The van der Waals surface area contributed by atoms with Crippen LogP contribution in [0.2, 0.25) is 0 Å². The van der Waals surface area contributed by atoms with Gasteiger partial charge < -0.3 is 19.5 Å². The second kappa shape index (κ2) is 16.6. The molecule has 0 atom stereocenters. The summed E-state index contributed by atoms with van der Waals surface area (Å²) >= 11 is 0. The molecule has 4 aromatic carbocycles. The number of aryl methyl sites for hydroxylation is 3. The predicted molar refractivity (Wildman–Crippen MR) is 200 cm³/mol. The molecular formula is C36H37N5O10S2. The molecule has 15 nitrogen and oxygen atoms in total. The fourth-order valence-corrected chi connectivity index (χ4v) is 6.76. The molecule has 0 saturated heterocycles. The Labute approximate surface area is 306 Å². The minimum atomic E-state index is -4.93. The van der Waals surface area contributed by atoms with Crippen LogP contribution in [0.25, 0.3) is 6.08 Å². The maximum atomic E-state index is 13.7. The number of Topliss-reactive ketones (excluding diaryl/α,β-unsaturated/α-hetero) is 1. The van der Waals surface area contributed by atoms with Crippen molar-refractivity contribution in [3.05, 3.63) is 106 Å². The van der Waals surface area contributed by atoms with E-state index in [0.29, 0.717) is 35.6 Å². The summed E-state index contributed by atoms with van der Waals surface area (Å²) in [7, 11) is -8.01. The Morgan fingerprint density at radius 1 is 0.774 bits per heavy atom. The smallest absolute Gasteiger partial charge is 0.296 e. The second-order valence-corrected chi connectivity index (χ2v) is 14.7. The monoisotopic (exact) mass is 763 g/mol. The van der Waals surface area contributed by atoms with Gasteiger partial charge >= 0.3 is 0 Å². The standard InChI is InChI=1S/C36H37N5O10S2/c1-22-16-24(3)34(32(17-22)52(43,44)45)40-38-29-21-31(51-15-14-50-13-12-49-4)30(18-23(29)2)39-41-35-33(53(46,47)48)20-25-19-27(10-11-28(25)36(35)42)37-26-8-6-5-7-9-26/h5-11,16-21,37,39H,12-15H2,1-4H3,(H,43,44,45)(H,46,47,48)/b40-38+,41-35+. The molecular weight excluding hydrogens is 727 g/mol. The highest BCUT2D eigenvalue weighted by atomic mass is 32.2. The predicted octanol–water partition coefficient (Wildman–Crippen LogP) is 6.95. The van der Waals surface area contributed by atoms with Crippen LogP contribution in [-0.4, -0.2) is 71.0 Å². The van der Waals surface area contributed by atoms with Crippen LogP contribution < -0.4 is 15.5 Å². The van der Waals surface area contributed by atoms with E-state index in [4.69, 9.17) is 14.2 Å². The summed E-state index contributed by atoms with van der Waals surface area (Å²) in [5.41, 5.74) is 5.85. The number of allylic oxidation sites excluding steroid dienone is 1. The van der Waals surface area contributed by atoms with Crippen molar-refractivity contribution in [1.82, 2.24) is 0 Å². The largest absolute Gasteiger partial charge is 0.489 e. The van der Waals surface area contributed by atoms with Gasteiger partial charge in [0.25, 0.3) is 20.2 Å². The van der Waals surface area contributed by atoms with E-state index in [0.717, 1.165) is 5.69 Å². The molecule has 0 heterocycles. The zero-order valence-electron chi connectivity index (χ0n) is 29.2. The molecule has 4 aromatic rings. The Hall–Kier alpha value is -5.30. The number of ether oxygens (including phenoxy) is 3. The second-order valence-electron chi connectivity index (χ2n) is 11.9. The zero-order chi connectivity index (χ0) is 38.3. The topological polar surface area (TPSA) is 215 Å². The normalized spacial score (nSPS) is 14.0. The van der Waals surface area contributed by atoms with Crippen molar-refractivity contribution in [3.8, 4) is 5.75 Å². The molecule has 0 amide bonds. The highest BCUT2D eigenvalue weighted by Gasteiger charge is 2.33. The van der Waals surface area contributed by atoms with Crippen molar-refractivity contribution in [3.63, 3.8) is 0 Å². The first-order valence-corrected chi connectivity index (χ1v) is 18.9. The Kier molecular flexibility index (Phi) is 12.2. The number of hydrogen-bond acceptors (Lipinski definition) is 13. The number of para-hydroxylation sites is 1. The molecule has 4 N–H and O–H groups in total. The average molecular weight is 764 g/mol. The number of carbonyl (C=O) groups is 1. The molecule has 1 aliphatic carbocycles. The van der Waals surface area contributed by atoms with Crippen LogP contribution in [0, 0.1) is 20.8 Å². The van der Waals surface area contributed by atoms with E-state index in [1.165, 1.54) is 31.4 Å². The van der Waals surface area contributed by atoms with Gasteiger partial charge in [0, 0.05) is 30.1 Å². The molecule has 1 aliphatic rings. The number of nitrogens with one attached hydrogen (secondary N) is 2. The van der Waals surface area contributed by atoms with E-state index < -0.39 is 41.5 Å². The fraction of sp³-hybridized carbons (Fsp3) is 0.222. The highest BCUT2D eigenvalue weighted by molar-refractivity contribution is 7.91. The third kappa shape index (κ3) is 9.78. The first kappa shape index (κ1) is 38.9. The number of fused-ring (bicyclic) bond motifs is 1. The van der Waals surface area contributed by atoms with Crippen LogP contribution in [0.15, 0.2) is 97.9 Å².